The Bertz CT molecular complexity index is 202. The Hall–Kier alpha value is -0.160. The van der Waals surface area contributed by atoms with Crippen LogP contribution in [0.15, 0.2) is 0 Å². The fourth-order valence-corrected chi connectivity index (χ4v) is 2.03. The van der Waals surface area contributed by atoms with Crippen LogP contribution in [0.3, 0.4) is 0 Å². The molecule has 2 unspecified atom stereocenters. The topological polar surface area (TPSA) is 50.7 Å². The largest absolute Gasteiger partial charge is 0.392 e. The minimum absolute atomic E-state index is 0.0387. The minimum atomic E-state index is -0.192. The molecule has 4 nitrogen and oxygen atoms in total. The molecule has 1 saturated carbocycles. The third-order valence-electron chi connectivity index (χ3n) is 3.45. The van der Waals surface area contributed by atoms with Crippen molar-refractivity contribution in [2.24, 2.45) is 5.41 Å². The van der Waals surface area contributed by atoms with Crippen molar-refractivity contribution in [2.45, 2.75) is 52.6 Å². The van der Waals surface area contributed by atoms with E-state index in [-0.39, 0.29) is 17.8 Å². The SMILES string of the molecule is CCOC(CNC1CC(O)C1(C)C)OCC. The number of rotatable bonds is 7. The van der Waals surface area contributed by atoms with E-state index in [4.69, 9.17) is 9.47 Å². The van der Waals surface area contributed by atoms with E-state index in [2.05, 4.69) is 19.2 Å². The van der Waals surface area contributed by atoms with Gasteiger partial charge in [0.15, 0.2) is 6.29 Å². The summed E-state index contributed by atoms with van der Waals surface area (Å²) in [6, 6.07) is 0.353. The van der Waals surface area contributed by atoms with Crippen molar-refractivity contribution in [1.29, 1.82) is 0 Å². The van der Waals surface area contributed by atoms with Gasteiger partial charge >= 0.3 is 0 Å². The van der Waals surface area contributed by atoms with E-state index in [1.54, 1.807) is 0 Å². The molecule has 16 heavy (non-hydrogen) atoms. The van der Waals surface area contributed by atoms with Crippen LogP contribution in [0.25, 0.3) is 0 Å². The lowest BCUT2D eigenvalue weighted by Crippen LogP contribution is -2.61. The first-order valence-electron chi connectivity index (χ1n) is 6.17. The Morgan fingerprint density at radius 1 is 1.31 bits per heavy atom. The van der Waals surface area contributed by atoms with Crippen LogP contribution in [0.5, 0.6) is 0 Å². The van der Waals surface area contributed by atoms with Crippen LogP contribution < -0.4 is 5.32 Å². The first kappa shape index (κ1) is 13.9. The predicted octanol–water partition coefficient (Wildman–Crippen LogP) is 1.13. The summed E-state index contributed by atoms with van der Waals surface area (Å²) in [5.74, 6) is 0. The van der Waals surface area contributed by atoms with E-state index < -0.39 is 0 Å². The average molecular weight is 231 g/mol. The van der Waals surface area contributed by atoms with Gasteiger partial charge in [0.1, 0.15) is 0 Å². The second kappa shape index (κ2) is 5.96. The lowest BCUT2D eigenvalue weighted by molar-refractivity contribution is -0.142. The second-order valence-corrected chi connectivity index (χ2v) is 4.87. The molecule has 0 aromatic carbocycles. The van der Waals surface area contributed by atoms with Crippen molar-refractivity contribution >= 4 is 0 Å². The number of ether oxygens (including phenoxy) is 2. The molecule has 1 aliphatic carbocycles. The maximum absolute atomic E-state index is 9.62. The van der Waals surface area contributed by atoms with Crippen LogP contribution in [0.2, 0.25) is 0 Å². The molecule has 0 amide bonds. The highest BCUT2D eigenvalue weighted by Gasteiger charge is 2.46. The zero-order chi connectivity index (χ0) is 12.2. The highest BCUT2D eigenvalue weighted by atomic mass is 16.7. The number of nitrogens with one attached hydrogen (secondary N) is 1. The lowest BCUT2D eigenvalue weighted by Gasteiger charge is -2.50. The summed E-state index contributed by atoms with van der Waals surface area (Å²) in [6.45, 7) is 10.1. The van der Waals surface area contributed by atoms with E-state index in [9.17, 15) is 5.11 Å². The molecular formula is C12H25NO3. The molecule has 0 aromatic rings. The van der Waals surface area contributed by atoms with Gasteiger partial charge in [-0.1, -0.05) is 13.8 Å². The Balaban J connectivity index is 2.27. The van der Waals surface area contributed by atoms with Gasteiger partial charge in [0, 0.05) is 31.2 Å². The van der Waals surface area contributed by atoms with Crippen LogP contribution >= 0.6 is 0 Å². The van der Waals surface area contributed by atoms with Crippen molar-refractivity contribution < 1.29 is 14.6 Å². The van der Waals surface area contributed by atoms with Crippen molar-refractivity contribution in [1.82, 2.24) is 5.32 Å². The molecule has 1 rings (SSSR count). The van der Waals surface area contributed by atoms with Gasteiger partial charge in [0.2, 0.25) is 0 Å². The number of hydrogen-bond acceptors (Lipinski definition) is 4. The van der Waals surface area contributed by atoms with E-state index in [0.29, 0.717) is 25.8 Å². The van der Waals surface area contributed by atoms with Gasteiger partial charge < -0.3 is 19.9 Å². The van der Waals surface area contributed by atoms with Gasteiger partial charge in [-0.2, -0.15) is 0 Å². The molecule has 4 heteroatoms. The van der Waals surface area contributed by atoms with Crippen LogP contribution in [0.1, 0.15) is 34.1 Å². The Labute approximate surface area is 98.3 Å². The average Bonchev–Trinajstić information content (AvgIpc) is 2.24. The van der Waals surface area contributed by atoms with Crippen LogP contribution in [0.4, 0.5) is 0 Å². The predicted molar refractivity (Wildman–Crippen MR) is 63.2 cm³/mol. The first-order chi connectivity index (χ1) is 7.52. The van der Waals surface area contributed by atoms with Gasteiger partial charge in [-0.3, -0.25) is 0 Å². The fraction of sp³-hybridized carbons (Fsp3) is 1.00. The summed E-state index contributed by atoms with van der Waals surface area (Å²) in [5.41, 5.74) is -0.0387. The summed E-state index contributed by atoms with van der Waals surface area (Å²) >= 11 is 0. The molecule has 0 saturated heterocycles. The molecule has 0 spiro atoms. The number of aliphatic hydroxyl groups excluding tert-OH is 1. The standard InChI is InChI=1S/C12H25NO3/c1-5-15-11(16-6-2)8-13-9-7-10(14)12(9,3)4/h9-11,13-14H,5-8H2,1-4H3. The smallest absolute Gasteiger partial charge is 0.169 e. The fourth-order valence-electron chi connectivity index (χ4n) is 2.03. The highest BCUT2D eigenvalue weighted by Crippen LogP contribution is 2.40. The zero-order valence-electron chi connectivity index (χ0n) is 10.8. The van der Waals surface area contributed by atoms with Crippen molar-refractivity contribution in [2.75, 3.05) is 19.8 Å². The maximum Gasteiger partial charge on any atom is 0.169 e. The molecular weight excluding hydrogens is 206 g/mol. The van der Waals surface area contributed by atoms with Crippen molar-refractivity contribution in [3.8, 4) is 0 Å². The Morgan fingerprint density at radius 2 is 1.88 bits per heavy atom. The van der Waals surface area contributed by atoms with Crippen molar-refractivity contribution in [3.63, 3.8) is 0 Å². The third-order valence-corrected chi connectivity index (χ3v) is 3.45. The molecule has 1 aliphatic rings. The number of aliphatic hydroxyl groups is 1. The first-order valence-corrected chi connectivity index (χ1v) is 6.17. The van der Waals surface area contributed by atoms with E-state index >= 15 is 0 Å². The Kier molecular flexibility index (Phi) is 5.18. The third kappa shape index (κ3) is 3.17. The van der Waals surface area contributed by atoms with E-state index in [0.717, 1.165) is 6.42 Å². The normalized spacial score (nSPS) is 28.1. The van der Waals surface area contributed by atoms with Gasteiger partial charge in [-0.15, -0.1) is 0 Å². The molecule has 1 fully saturated rings. The molecule has 2 N–H and O–H groups in total. The monoisotopic (exact) mass is 231 g/mol. The molecule has 2 atom stereocenters. The Morgan fingerprint density at radius 3 is 2.25 bits per heavy atom. The highest BCUT2D eigenvalue weighted by molar-refractivity contribution is 5.01. The van der Waals surface area contributed by atoms with E-state index in [1.165, 1.54) is 0 Å². The van der Waals surface area contributed by atoms with Crippen LogP contribution in [-0.2, 0) is 9.47 Å². The minimum Gasteiger partial charge on any atom is -0.392 e. The van der Waals surface area contributed by atoms with Crippen molar-refractivity contribution in [3.05, 3.63) is 0 Å². The summed E-state index contributed by atoms with van der Waals surface area (Å²) in [5, 5.41) is 13.0. The van der Waals surface area contributed by atoms with E-state index in [1.807, 2.05) is 13.8 Å². The summed E-state index contributed by atoms with van der Waals surface area (Å²) in [6.07, 6.45) is 0.448. The number of hydrogen-bond donors (Lipinski definition) is 2. The summed E-state index contributed by atoms with van der Waals surface area (Å²) in [7, 11) is 0. The summed E-state index contributed by atoms with van der Waals surface area (Å²) in [4.78, 5) is 0. The van der Waals surface area contributed by atoms with Crippen LogP contribution in [0, 0.1) is 5.41 Å². The quantitative estimate of drug-likeness (QED) is 0.645. The molecule has 0 aromatic heterocycles. The zero-order valence-corrected chi connectivity index (χ0v) is 10.8. The van der Waals surface area contributed by atoms with Gasteiger partial charge in [-0.25, -0.2) is 0 Å². The van der Waals surface area contributed by atoms with Gasteiger partial charge in [-0.05, 0) is 20.3 Å². The lowest BCUT2D eigenvalue weighted by atomic mass is 9.64. The second-order valence-electron chi connectivity index (χ2n) is 4.87. The van der Waals surface area contributed by atoms with Gasteiger partial charge in [0.25, 0.3) is 0 Å². The van der Waals surface area contributed by atoms with Crippen LogP contribution in [-0.4, -0.2) is 43.3 Å². The molecule has 0 radical (unpaired) electrons. The molecule has 0 aliphatic heterocycles. The summed E-state index contributed by atoms with van der Waals surface area (Å²) < 4.78 is 10.9. The maximum atomic E-state index is 9.62. The van der Waals surface area contributed by atoms with Gasteiger partial charge in [0.05, 0.1) is 6.10 Å². The molecule has 0 heterocycles. The molecule has 96 valence electrons. The molecule has 0 bridgehead atoms.